The first kappa shape index (κ1) is 21.4. The number of nitrogens with one attached hydrogen (secondary N) is 1. The van der Waals surface area contributed by atoms with E-state index in [2.05, 4.69) is 4.98 Å². The van der Waals surface area contributed by atoms with Crippen molar-refractivity contribution in [2.75, 3.05) is 13.2 Å². The van der Waals surface area contributed by atoms with Crippen molar-refractivity contribution in [1.82, 2.24) is 9.55 Å². The van der Waals surface area contributed by atoms with Gasteiger partial charge in [0.1, 0.15) is 30.2 Å². The Kier molecular flexibility index (Phi) is 7.12. The van der Waals surface area contributed by atoms with Gasteiger partial charge < -0.3 is 19.7 Å². The van der Waals surface area contributed by atoms with Crippen molar-refractivity contribution in [3.05, 3.63) is 92.5 Å². The summed E-state index contributed by atoms with van der Waals surface area (Å²) in [6, 6.07) is 12.6. The van der Waals surface area contributed by atoms with Crippen LogP contribution in [0.15, 0.2) is 64.3 Å². The average Bonchev–Trinajstić information content (AvgIpc) is 2.74. The zero-order valence-electron chi connectivity index (χ0n) is 16.0. The van der Waals surface area contributed by atoms with Gasteiger partial charge >= 0.3 is 5.69 Å². The molecule has 0 unspecified atom stereocenters. The average molecular weight is 416 g/mol. The fourth-order valence-corrected chi connectivity index (χ4v) is 2.70. The lowest BCUT2D eigenvalue weighted by Crippen LogP contribution is -2.34. The molecule has 0 radical (unpaired) electrons. The van der Waals surface area contributed by atoms with Crippen molar-refractivity contribution in [2.24, 2.45) is 0 Å². The van der Waals surface area contributed by atoms with Crippen LogP contribution in [0.5, 0.6) is 11.5 Å². The molecular formula is C21H21FN2O6. The molecule has 3 aromatic rings. The number of H-pyrrole nitrogens is 1. The maximum Gasteiger partial charge on any atom is 0.330 e. The summed E-state index contributed by atoms with van der Waals surface area (Å²) < 4.78 is 25.1. The van der Waals surface area contributed by atoms with Crippen LogP contribution in [0.2, 0.25) is 0 Å². The number of aromatic amines is 1. The van der Waals surface area contributed by atoms with Gasteiger partial charge in [0.05, 0.1) is 13.2 Å². The Labute approximate surface area is 170 Å². The van der Waals surface area contributed by atoms with Crippen LogP contribution in [0, 0.1) is 5.82 Å². The Bertz CT molecular complexity index is 1090. The van der Waals surface area contributed by atoms with Gasteiger partial charge in [-0.25, -0.2) is 9.18 Å². The van der Waals surface area contributed by atoms with E-state index in [0.29, 0.717) is 17.1 Å². The van der Waals surface area contributed by atoms with Gasteiger partial charge in [-0.15, -0.1) is 0 Å². The van der Waals surface area contributed by atoms with Crippen LogP contribution in [-0.4, -0.2) is 39.1 Å². The summed E-state index contributed by atoms with van der Waals surface area (Å²) in [5.41, 5.74) is -0.106. The predicted octanol–water partition coefficient (Wildman–Crippen LogP) is 1.39. The molecule has 1 heterocycles. The van der Waals surface area contributed by atoms with Gasteiger partial charge in [-0.3, -0.25) is 14.3 Å². The smallest absolute Gasteiger partial charge is 0.330 e. The number of aromatic nitrogens is 2. The third-order valence-electron chi connectivity index (χ3n) is 4.28. The molecule has 9 heteroatoms. The SMILES string of the molecule is O=c1[nH]c(=O)n(COC(CO)CO)cc1Cc1cccc(Oc2ccc(F)cc2)c1. The minimum absolute atomic E-state index is 0.222. The van der Waals surface area contributed by atoms with Crippen molar-refractivity contribution in [3.63, 3.8) is 0 Å². The monoisotopic (exact) mass is 416 g/mol. The van der Waals surface area contributed by atoms with E-state index in [9.17, 15) is 14.0 Å². The summed E-state index contributed by atoms with van der Waals surface area (Å²) in [7, 11) is 0. The van der Waals surface area contributed by atoms with E-state index in [4.69, 9.17) is 19.7 Å². The third-order valence-corrected chi connectivity index (χ3v) is 4.28. The van der Waals surface area contributed by atoms with Gasteiger partial charge in [0.2, 0.25) is 0 Å². The molecule has 0 aliphatic heterocycles. The Balaban J connectivity index is 1.77. The van der Waals surface area contributed by atoms with E-state index in [1.165, 1.54) is 30.5 Å². The number of aliphatic hydroxyl groups excluding tert-OH is 2. The fraction of sp³-hybridized carbons (Fsp3) is 0.238. The van der Waals surface area contributed by atoms with E-state index in [0.717, 1.165) is 10.1 Å². The molecule has 0 amide bonds. The molecule has 0 spiro atoms. The number of benzene rings is 2. The van der Waals surface area contributed by atoms with Crippen molar-refractivity contribution in [2.45, 2.75) is 19.3 Å². The number of nitrogens with zero attached hydrogens (tertiary/aromatic N) is 1. The van der Waals surface area contributed by atoms with Crippen LogP contribution in [0.3, 0.4) is 0 Å². The second-order valence-corrected chi connectivity index (χ2v) is 6.55. The molecule has 0 saturated heterocycles. The number of halogens is 1. The fourth-order valence-electron chi connectivity index (χ4n) is 2.70. The second-order valence-electron chi connectivity index (χ2n) is 6.55. The van der Waals surface area contributed by atoms with Crippen LogP contribution in [0.4, 0.5) is 4.39 Å². The van der Waals surface area contributed by atoms with E-state index < -0.39 is 30.6 Å². The van der Waals surface area contributed by atoms with Crippen LogP contribution >= 0.6 is 0 Å². The minimum atomic E-state index is -0.826. The number of hydrogen-bond donors (Lipinski definition) is 3. The quantitative estimate of drug-likeness (QED) is 0.486. The summed E-state index contributed by atoms with van der Waals surface area (Å²) >= 11 is 0. The molecule has 0 bridgehead atoms. The van der Waals surface area contributed by atoms with Gasteiger partial charge in [-0.05, 0) is 42.0 Å². The highest BCUT2D eigenvalue weighted by Gasteiger charge is 2.10. The van der Waals surface area contributed by atoms with Gasteiger partial charge in [-0.2, -0.15) is 0 Å². The highest BCUT2D eigenvalue weighted by molar-refractivity contribution is 5.35. The zero-order chi connectivity index (χ0) is 21.5. The molecule has 8 nitrogen and oxygen atoms in total. The Morgan fingerprint density at radius 1 is 1.03 bits per heavy atom. The second kappa shape index (κ2) is 9.97. The summed E-state index contributed by atoms with van der Waals surface area (Å²) in [5, 5.41) is 18.1. The first-order valence-corrected chi connectivity index (χ1v) is 9.17. The van der Waals surface area contributed by atoms with Gasteiger partial charge in [0.15, 0.2) is 0 Å². The van der Waals surface area contributed by atoms with E-state index in [-0.39, 0.29) is 19.0 Å². The first-order chi connectivity index (χ1) is 14.5. The van der Waals surface area contributed by atoms with Crippen LogP contribution in [-0.2, 0) is 17.9 Å². The Morgan fingerprint density at radius 2 is 1.77 bits per heavy atom. The topological polar surface area (TPSA) is 114 Å². The van der Waals surface area contributed by atoms with E-state index in [1.54, 1.807) is 24.3 Å². The standard InChI is InChI=1S/C21H21FN2O6/c22-16-4-6-17(7-5-16)30-18-3-1-2-14(9-18)8-15-10-24(21(28)23-20(15)27)13-29-19(11-25)12-26/h1-7,9-10,19,25-26H,8,11-13H2,(H,23,27,28). The normalized spacial score (nSPS) is 11.1. The highest BCUT2D eigenvalue weighted by atomic mass is 19.1. The molecule has 158 valence electrons. The summed E-state index contributed by atoms with van der Waals surface area (Å²) in [5.74, 6) is 0.624. The molecule has 0 fully saturated rings. The van der Waals surface area contributed by atoms with Crippen molar-refractivity contribution in [1.29, 1.82) is 0 Å². The van der Waals surface area contributed by atoms with Crippen molar-refractivity contribution in [3.8, 4) is 11.5 Å². The number of hydrogen-bond acceptors (Lipinski definition) is 6. The van der Waals surface area contributed by atoms with Crippen molar-refractivity contribution < 1.29 is 24.1 Å². The third kappa shape index (κ3) is 5.63. The molecule has 2 aromatic carbocycles. The number of rotatable bonds is 9. The van der Waals surface area contributed by atoms with E-state index >= 15 is 0 Å². The van der Waals surface area contributed by atoms with Gasteiger partial charge in [-0.1, -0.05) is 12.1 Å². The lowest BCUT2D eigenvalue weighted by Gasteiger charge is -2.14. The minimum Gasteiger partial charge on any atom is -0.457 e. The van der Waals surface area contributed by atoms with Crippen LogP contribution < -0.4 is 16.0 Å². The lowest BCUT2D eigenvalue weighted by atomic mass is 10.1. The molecule has 30 heavy (non-hydrogen) atoms. The molecule has 0 aliphatic rings. The van der Waals surface area contributed by atoms with Crippen LogP contribution in [0.1, 0.15) is 11.1 Å². The maximum absolute atomic E-state index is 13.0. The zero-order valence-corrected chi connectivity index (χ0v) is 16.0. The molecule has 0 aliphatic carbocycles. The summed E-state index contributed by atoms with van der Waals surface area (Å²) in [6.45, 7) is -1.03. The van der Waals surface area contributed by atoms with Gasteiger partial charge in [0.25, 0.3) is 5.56 Å². The summed E-state index contributed by atoms with van der Waals surface area (Å²) in [6.07, 6.45) is 0.771. The highest BCUT2D eigenvalue weighted by Crippen LogP contribution is 2.23. The predicted molar refractivity (Wildman–Crippen MR) is 106 cm³/mol. The molecule has 3 rings (SSSR count). The maximum atomic E-state index is 13.0. The van der Waals surface area contributed by atoms with Crippen LogP contribution in [0.25, 0.3) is 0 Å². The van der Waals surface area contributed by atoms with E-state index in [1.807, 2.05) is 0 Å². The molecule has 0 atom stereocenters. The Hall–Kier alpha value is -3.27. The molecular weight excluding hydrogens is 395 g/mol. The molecule has 3 N–H and O–H groups in total. The lowest BCUT2D eigenvalue weighted by molar-refractivity contribution is -0.0513. The Morgan fingerprint density at radius 3 is 2.47 bits per heavy atom. The van der Waals surface area contributed by atoms with Gasteiger partial charge in [0, 0.05) is 18.2 Å². The molecule has 1 aromatic heterocycles. The number of aliphatic hydroxyl groups is 2. The molecule has 0 saturated carbocycles. The van der Waals surface area contributed by atoms with Crippen molar-refractivity contribution >= 4 is 0 Å². The summed E-state index contributed by atoms with van der Waals surface area (Å²) in [4.78, 5) is 26.4. The number of ether oxygens (including phenoxy) is 2. The first-order valence-electron chi connectivity index (χ1n) is 9.17. The largest absolute Gasteiger partial charge is 0.457 e.